The van der Waals surface area contributed by atoms with Gasteiger partial charge in [0.2, 0.25) is 0 Å². The Morgan fingerprint density at radius 1 is 1.12 bits per heavy atom. The van der Waals surface area contributed by atoms with Gasteiger partial charge in [0, 0.05) is 44.1 Å². The lowest BCUT2D eigenvalue weighted by atomic mass is 10.1. The summed E-state index contributed by atoms with van der Waals surface area (Å²) >= 11 is 0. The van der Waals surface area contributed by atoms with Crippen molar-refractivity contribution >= 4 is 11.6 Å². The van der Waals surface area contributed by atoms with Gasteiger partial charge in [-0.05, 0) is 51.0 Å². The number of carbonyl (C=O) groups is 1. The molecule has 0 spiro atoms. The molecule has 5 nitrogen and oxygen atoms in total. The third-order valence-corrected chi connectivity index (χ3v) is 4.98. The summed E-state index contributed by atoms with van der Waals surface area (Å²) in [5.41, 5.74) is 5.53. The van der Waals surface area contributed by atoms with E-state index in [1.54, 1.807) is 0 Å². The van der Waals surface area contributed by atoms with Gasteiger partial charge in [0.25, 0.3) is 5.91 Å². The zero-order valence-corrected chi connectivity index (χ0v) is 15.0. The minimum Gasteiger partial charge on any atom is -0.368 e. The molecule has 1 aromatic carbocycles. The van der Waals surface area contributed by atoms with Crippen molar-refractivity contribution in [3.8, 4) is 0 Å². The van der Waals surface area contributed by atoms with Crippen LogP contribution in [0, 0.1) is 20.8 Å². The maximum Gasteiger partial charge on any atom is 0.274 e. The summed E-state index contributed by atoms with van der Waals surface area (Å²) in [5, 5.41) is 4.42. The summed E-state index contributed by atoms with van der Waals surface area (Å²) in [6.45, 7) is 12.3. The Hall–Kier alpha value is -2.30. The standard InChI is InChI=1S/C19H26N4O/c1-5-23-15(3)13-17(20-23)19(24)22-11-9-21(10-12-22)18-8-6-7-14(2)16(18)4/h6-8,13H,5,9-12H2,1-4H3. The third kappa shape index (κ3) is 3.03. The second kappa shape index (κ2) is 6.67. The van der Waals surface area contributed by atoms with E-state index in [9.17, 15) is 4.79 Å². The first-order chi connectivity index (χ1) is 11.5. The van der Waals surface area contributed by atoms with Crippen LogP contribution in [-0.2, 0) is 6.54 Å². The van der Waals surface area contributed by atoms with E-state index < -0.39 is 0 Å². The normalized spacial score (nSPS) is 15.0. The van der Waals surface area contributed by atoms with E-state index in [1.165, 1.54) is 16.8 Å². The Balaban J connectivity index is 1.68. The minimum absolute atomic E-state index is 0.0471. The molecule has 3 rings (SSSR count). The molecule has 0 saturated carbocycles. The van der Waals surface area contributed by atoms with Gasteiger partial charge < -0.3 is 9.80 Å². The van der Waals surface area contributed by atoms with Crippen LogP contribution in [0.3, 0.4) is 0 Å². The lowest BCUT2D eigenvalue weighted by Crippen LogP contribution is -2.49. The molecular weight excluding hydrogens is 300 g/mol. The predicted molar refractivity (Wildman–Crippen MR) is 96.7 cm³/mol. The zero-order chi connectivity index (χ0) is 17.3. The van der Waals surface area contributed by atoms with Crippen molar-refractivity contribution in [2.24, 2.45) is 0 Å². The highest BCUT2D eigenvalue weighted by atomic mass is 16.2. The fraction of sp³-hybridized carbons (Fsp3) is 0.474. The Labute approximate surface area is 143 Å². The fourth-order valence-corrected chi connectivity index (χ4v) is 3.33. The van der Waals surface area contributed by atoms with E-state index in [0.717, 1.165) is 38.4 Å². The van der Waals surface area contributed by atoms with Crippen LogP contribution in [-0.4, -0.2) is 46.8 Å². The predicted octanol–water partition coefficient (Wildman–Crippen LogP) is 2.79. The van der Waals surface area contributed by atoms with Crippen molar-refractivity contribution in [1.82, 2.24) is 14.7 Å². The van der Waals surface area contributed by atoms with E-state index >= 15 is 0 Å². The molecule has 2 heterocycles. The topological polar surface area (TPSA) is 41.4 Å². The molecule has 0 unspecified atom stereocenters. The van der Waals surface area contributed by atoms with E-state index in [2.05, 4.69) is 42.0 Å². The number of rotatable bonds is 3. The number of carbonyl (C=O) groups excluding carboxylic acids is 1. The first kappa shape index (κ1) is 16.6. The number of piperazine rings is 1. The summed E-state index contributed by atoms with van der Waals surface area (Å²) in [7, 11) is 0. The van der Waals surface area contributed by atoms with Gasteiger partial charge in [-0.1, -0.05) is 12.1 Å². The molecule has 0 aliphatic carbocycles. The summed E-state index contributed by atoms with van der Waals surface area (Å²) in [5.74, 6) is 0.0471. The van der Waals surface area contributed by atoms with Gasteiger partial charge in [-0.2, -0.15) is 5.10 Å². The lowest BCUT2D eigenvalue weighted by Gasteiger charge is -2.36. The molecule has 24 heavy (non-hydrogen) atoms. The molecule has 1 amide bonds. The van der Waals surface area contributed by atoms with Crippen LogP contribution in [0.4, 0.5) is 5.69 Å². The SMILES string of the molecule is CCn1nc(C(=O)N2CCN(c3cccc(C)c3C)CC2)cc1C. The molecule has 0 bridgehead atoms. The van der Waals surface area contributed by atoms with E-state index in [-0.39, 0.29) is 5.91 Å². The molecule has 1 aromatic heterocycles. The Morgan fingerprint density at radius 3 is 2.46 bits per heavy atom. The molecule has 5 heteroatoms. The largest absolute Gasteiger partial charge is 0.368 e. The van der Waals surface area contributed by atoms with Crippen LogP contribution in [0.2, 0.25) is 0 Å². The first-order valence-corrected chi connectivity index (χ1v) is 8.66. The van der Waals surface area contributed by atoms with E-state index in [4.69, 9.17) is 0 Å². The van der Waals surface area contributed by atoms with Crippen LogP contribution < -0.4 is 4.90 Å². The number of hydrogen-bond acceptors (Lipinski definition) is 3. The number of amides is 1. The smallest absolute Gasteiger partial charge is 0.274 e. The van der Waals surface area contributed by atoms with Gasteiger partial charge >= 0.3 is 0 Å². The zero-order valence-electron chi connectivity index (χ0n) is 15.0. The Kier molecular flexibility index (Phi) is 4.60. The van der Waals surface area contributed by atoms with Crippen molar-refractivity contribution in [3.63, 3.8) is 0 Å². The first-order valence-electron chi connectivity index (χ1n) is 8.66. The average Bonchev–Trinajstić information content (AvgIpc) is 2.98. The molecule has 128 valence electrons. The van der Waals surface area contributed by atoms with Gasteiger partial charge in [-0.25, -0.2) is 0 Å². The van der Waals surface area contributed by atoms with Gasteiger partial charge in [0.15, 0.2) is 5.69 Å². The maximum absolute atomic E-state index is 12.7. The van der Waals surface area contributed by atoms with Gasteiger partial charge in [-0.3, -0.25) is 9.48 Å². The number of nitrogens with zero attached hydrogens (tertiary/aromatic N) is 4. The molecule has 0 radical (unpaired) electrons. The Morgan fingerprint density at radius 2 is 1.83 bits per heavy atom. The third-order valence-electron chi connectivity index (χ3n) is 4.98. The summed E-state index contributed by atoms with van der Waals surface area (Å²) in [4.78, 5) is 17.0. The molecule has 0 N–H and O–H groups in total. The van der Waals surface area contributed by atoms with Crippen LogP contribution in [0.25, 0.3) is 0 Å². The van der Waals surface area contributed by atoms with Crippen molar-refractivity contribution < 1.29 is 4.79 Å². The van der Waals surface area contributed by atoms with Crippen LogP contribution >= 0.6 is 0 Å². The molecule has 2 aromatic rings. The quantitative estimate of drug-likeness (QED) is 0.871. The number of hydrogen-bond donors (Lipinski definition) is 0. The number of aromatic nitrogens is 2. The Bertz CT molecular complexity index is 742. The average molecular weight is 326 g/mol. The van der Waals surface area contributed by atoms with Crippen molar-refractivity contribution in [3.05, 3.63) is 46.8 Å². The maximum atomic E-state index is 12.7. The molecule has 1 fully saturated rings. The van der Waals surface area contributed by atoms with Gasteiger partial charge in [0.05, 0.1) is 0 Å². The number of benzene rings is 1. The van der Waals surface area contributed by atoms with Crippen molar-refractivity contribution in [2.45, 2.75) is 34.2 Å². The highest BCUT2D eigenvalue weighted by molar-refractivity contribution is 5.92. The molecular formula is C19H26N4O. The molecule has 1 aliphatic rings. The number of aryl methyl sites for hydroxylation is 3. The molecule has 1 saturated heterocycles. The minimum atomic E-state index is 0.0471. The van der Waals surface area contributed by atoms with Crippen LogP contribution in [0.15, 0.2) is 24.3 Å². The highest BCUT2D eigenvalue weighted by Crippen LogP contribution is 2.24. The molecule has 0 atom stereocenters. The van der Waals surface area contributed by atoms with Crippen molar-refractivity contribution in [2.75, 3.05) is 31.1 Å². The number of anilines is 1. The second-order valence-electron chi connectivity index (χ2n) is 6.49. The van der Waals surface area contributed by atoms with E-state index in [0.29, 0.717) is 5.69 Å². The molecule has 1 aliphatic heterocycles. The highest BCUT2D eigenvalue weighted by Gasteiger charge is 2.25. The van der Waals surface area contributed by atoms with Crippen LogP contribution in [0.1, 0.15) is 34.2 Å². The lowest BCUT2D eigenvalue weighted by molar-refractivity contribution is 0.0740. The van der Waals surface area contributed by atoms with Gasteiger partial charge in [0.1, 0.15) is 0 Å². The fourth-order valence-electron chi connectivity index (χ4n) is 3.33. The summed E-state index contributed by atoms with van der Waals surface area (Å²) < 4.78 is 1.87. The van der Waals surface area contributed by atoms with Crippen LogP contribution in [0.5, 0.6) is 0 Å². The van der Waals surface area contributed by atoms with E-state index in [1.807, 2.05) is 29.5 Å². The summed E-state index contributed by atoms with van der Waals surface area (Å²) in [6, 6.07) is 8.31. The van der Waals surface area contributed by atoms with Crippen molar-refractivity contribution in [1.29, 1.82) is 0 Å². The summed E-state index contributed by atoms with van der Waals surface area (Å²) in [6.07, 6.45) is 0. The van der Waals surface area contributed by atoms with Gasteiger partial charge in [-0.15, -0.1) is 0 Å². The monoisotopic (exact) mass is 326 g/mol. The second-order valence-corrected chi connectivity index (χ2v) is 6.49.